The second-order valence-corrected chi connectivity index (χ2v) is 4.81. The van der Waals surface area contributed by atoms with Crippen LogP contribution in [0.4, 0.5) is 0 Å². The van der Waals surface area contributed by atoms with Crippen LogP contribution in [0.5, 0.6) is 0 Å². The minimum Gasteiger partial charge on any atom is -0.311 e. The van der Waals surface area contributed by atoms with Crippen LogP contribution >= 0.6 is 0 Å². The molecule has 102 valence electrons. The van der Waals surface area contributed by atoms with E-state index in [1.165, 1.54) is 10.8 Å². The summed E-state index contributed by atoms with van der Waals surface area (Å²) in [6.45, 7) is 3.94. The second-order valence-electron chi connectivity index (χ2n) is 4.81. The van der Waals surface area contributed by atoms with Crippen molar-refractivity contribution < 1.29 is 0 Å². The molecule has 0 aliphatic carbocycles. The minimum absolute atomic E-state index is 0.782. The molecule has 0 fully saturated rings. The molecule has 2 aromatic carbocycles. The number of nitrogens with one attached hydrogen (secondary N) is 1. The Balaban J connectivity index is 2.01. The number of benzene rings is 2. The predicted octanol–water partition coefficient (Wildman–Crippen LogP) is 2.92. The monoisotopic (exact) mass is 266 g/mol. The van der Waals surface area contributed by atoms with Gasteiger partial charge in [0.15, 0.2) is 0 Å². The Kier molecular flexibility index (Phi) is 3.74. The van der Waals surface area contributed by atoms with Crippen LogP contribution in [-0.2, 0) is 6.54 Å². The van der Waals surface area contributed by atoms with Gasteiger partial charge in [-0.2, -0.15) is 0 Å². The summed E-state index contributed by atoms with van der Waals surface area (Å²) < 4.78 is 1.92. The largest absolute Gasteiger partial charge is 0.311 e. The lowest BCUT2D eigenvalue weighted by atomic mass is 10.1. The van der Waals surface area contributed by atoms with E-state index in [4.69, 9.17) is 0 Å². The zero-order valence-electron chi connectivity index (χ0n) is 11.6. The lowest BCUT2D eigenvalue weighted by Gasteiger charge is -2.10. The van der Waals surface area contributed by atoms with E-state index < -0.39 is 0 Å². The average molecular weight is 266 g/mol. The van der Waals surface area contributed by atoms with E-state index >= 15 is 0 Å². The molecular weight excluding hydrogens is 248 g/mol. The first-order valence-corrected chi connectivity index (χ1v) is 6.98. The molecule has 3 aromatic rings. The van der Waals surface area contributed by atoms with Crippen LogP contribution in [0, 0.1) is 0 Å². The molecule has 0 radical (unpaired) electrons. The predicted molar refractivity (Wildman–Crippen MR) is 80.9 cm³/mol. The molecule has 0 amide bonds. The number of aromatic nitrogens is 3. The summed E-state index contributed by atoms with van der Waals surface area (Å²) in [6, 6.07) is 14.6. The van der Waals surface area contributed by atoms with Crippen molar-refractivity contribution in [2.45, 2.75) is 19.9 Å². The van der Waals surface area contributed by atoms with E-state index in [2.05, 4.69) is 65.0 Å². The fourth-order valence-electron chi connectivity index (χ4n) is 2.37. The van der Waals surface area contributed by atoms with Gasteiger partial charge in [0.25, 0.3) is 0 Å². The molecule has 3 rings (SSSR count). The maximum Gasteiger partial charge on any atom is 0.0783 e. The topological polar surface area (TPSA) is 42.7 Å². The van der Waals surface area contributed by atoms with Crippen molar-refractivity contribution in [1.82, 2.24) is 20.3 Å². The Morgan fingerprint density at radius 3 is 2.85 bits per heavy atom. The number of hydrogen-bond donors (Lipinski definition) is 1. The molecule has 0 bridgehead atoms. The number of nitrogens with zero attached hydrogens (tertiary/aromatic N) is 3. The quantitative estimate of drug-likeness (QED) is 0.722. The second kappa shape index (κ2) is 5.84. The average Bonchev–Trinajstić information content (AvgIpc) is 2.95. The van der Waals surface area contributed by atoms with Crippen molar-refractivity contribution in [1.29, 1.82) is 0 Å². The van der Waals surface area contributed by atoms with Crippen LogP contribution in [-0.4, -0.2) is 21.5 Å². The van der Waals surface area contributed by atoms with Crippen LogP contribution < -0.4 is 5.32 Å². The van der Waals surface area contributed by atoms with Crippen LogP contribution in [0.25, 0.3) is 16.5 Å². The lowest BCUT2D eigenvalue weighted by molar-refractivity contribution is 0.642. The van der Waals surface area contributed by atoms with Gasteiger partial charge in [0.2, 0.25) is 0 Å². The van der Waals surface area contributed by atoms with Crippen LogP contribution in [0.1, 0.15) is 19.0 Å². The van der Waals surface area contributed by atoms with Gasteiger partial charge in [-0.1, -0.05) is 48.5 Å². The highest BCUT2D eigenvalue weighted by Gasteiger charge is 2.08. The molecule has 4 nitrogen and oxygen atoms in total. The maximum atomic E-state index is 4.24. The van der Waals surface area contributed by atoms with Gasteiger partial charge in [-0.3, -0.25) is 0 Å². The molecule has 0 unspecified atom stereocenters. The molecule has 0 saturated carbocycles. The Morgan fingerprint density at radius 1 is 1.10 bits per heavy atom. The molecule has 0 aliphatic heterocycles. The lowest BCUT2D eigenvalue weighted by Crippen LogP contribution is -2.16. The Morgan fingerprint density at radius 2 is 1.95 bits per heavy atom. The summed E-state index contributed by atoms with van der Waals surface area (Å²) >= 11 is 0. The molecule has 0 aliphatic rings. The van der Waals surface area contributed by atoms with Gasteiger partial charge in [-0.05, 0) is 24.4 Å². The third-order valence-electron chi connectivity index (χ3n) is 3.35. The summed E-state index contributed by atoms with van der Waals surface area (Å²) in [6.07, 6.45) is 2.94. The maximum absolute atomic E-state index is 4.24. The van der Waals surface area contributed by atoms with Crippen molar-refractivity contribution in [3.05, 3.63) is 54.4 Å². The third kappa shape index (κ3) is 2.42. The zero-order valence-corrected chi connectivity index (χ0v) is 11.6. The van der Waals surface area contributed by atoms with Crippen molar-refractivity contribution in [3.63, 3.8) is 0 Å². The van der Waals surface area contributed by atoms with Crippen molar-refractivity contribution in [3.8, 4) is 5.69 Å². The third-order valence-corrected chi connectivity index (χ3v) is 3.35. The fraction of sp³-hybridized carbons (Fsp3) is 0.250. The molecule has 1 heterocycles. The van der Waals surface area contributed by atoms with Gasteiger partial charge in [-0.25, -0.2) is 4.68 Å². The first-order chi connectivity index (χ1) is 9.90. The number of rotatable bonds is 5. The van der Waals surface area contributed by atoms with E-state index in [1.807, 2.05) is 10.9 Å². The smallest absolute Gasteiger partial charge is 0.0783 e. The normalized spacial score (nSPS) is 11.1. The van der Waals surface area contributed by atoms with E-state index in [0.29, 0.717) is 0 Å². The standard InChI is InChI=1S/C16H18N4/c1-2-10-17-11-14-12-18-19-20(14)16-9-5-7-13-6-3-4-8-15(13)16/h3-9,12,17H,2,10-11H2,1H3. The fourth-order valence-corrected chi connectivity index (χ4v) is 2.37. The van der Waals surface area contributed by atoms with Crippen LogP contribution in [0.2, 0.25) is 0 Å². The van der Waals surface area contributed by atoms with E-state index in [9.17, 15) is 0 Å². The van der Waals surface area contributed by atoms with Crippen molar-refractivity contribution >= 4 is 10.8 Å². The van der Waals surface area contributed by atoms with Gasteiger partial charge in [-0.15, -0.1) is 5.10 Å². The summed E-state index contributed by atoms with van der Waals surface area (Å²) in [7, 11) is 0. The van der Waals surface area contributed by atoms with Crippen LogP contribution in [0.15, 0.2) is 48.7 Å². The molecule has 4 heteroatoms. The number of hydrogen-bond acceptors (Lipinski definition) is 3. The molecule has 0 atom stereocenters. The van der Waals surface area contributed by atoms with Gasteiger partial charge in [0, 0.05) is 11.9 Å². The summed E-state index contributed by atoms with van der Waals surface area (Å²) in [5.41, 5.74) is 2.16. The molecule has 0 spiro atoms. The molecule has 1 N–H and O–H groups in total. The van der Waals surface area contributed by atoms with Gasteiger partial charge >= 0.3 is 0 Å². The van der Waals surface area contributed by atoms with Gasteiger partial charge < -0.3 is 5.32 Å². The molecule has 1 aromatic heterocycles. The van der Waals surface area contributed by atoms with E-state index in [1.54, 1.807) is 0 Å². The number of fused-ring (bicyclic) bond motifs is 1. The first-order valence-electron chi connectivity index (χ1n) is 6.98. The Bertz CT molecular complexity index is 697. The minimum atomic E-state index is 0.782. The summed E-state index contributed by atoms with van der Waals surface area (Å²) in [5, 5.41) is 14.1. The SMILES string of the molecule is CCCNCc1cnnn1-c1cccc2ccccc12. The molecule has 20 heavy (non-hydrogen) atoms. The van der Waals surface area contributed by atoms with E-state index in [0.717, 1.165) is 30.9 Å². The highest BCUT2D eigenvalue weighted by molar-refractivity contribution is 5.90. The van der Waals surface area contributed by atoms with E-state index in [-0.39, 0.29) is 0 Å². The van der Waals surface area contributed by atoms with Crippen molar-refractivity contribution in [2.24, 2.45) is 0 Å². The first kappa shape index (κ1) is 12.8. The van der Waals surface area contributed by atoms with Crippen molar-refractivity contribution in [2.75, 3.05) is 6.54 Å². The van der Waals surface area contributed by atoms with Gasteiger partial charge in [0.1, 0.15) is 0 Å². The van der Waals surface area contributed by atoms with Gasteiger partial charge in [0.05, 0.1) is 17.6 Å². The zero-order chi connectivity index (χ0) is 13.8. The molecule has 0 saturated heterocycles. The van der Waals surface area contributed by atoms with Crippen LogP contribution in [0.3, 0.4) is 0 Å². The summed E-state index contributed by atoms with van der Waals surface area (Å²) in [4.78, 5) is 0. The Hall–Kier alpha value is -2.20. The molecular formula is C16H18N4. The highest BCUT2D eigenvalue weighted by atomic mass is 15.4. The highest BCUT2D eigenvalue weighted by Crippen LogP contribution is 2.22. The summed E-state index contributed by atoms with van der Waals surface area (Å²) in [5.74, 6) is 0. The Labute approximate surface area is 118 Å².